The van der Waals surface area contributed by atoms with Gasteiger partial charge in [-0.1, -0.05) is 34.4 Å². The number of rotatable bonds is 4. The first-order chi connectivity index (χ1) is 13.1. The number of halogens is 2. The van der Waals surface area contributed by atoms with E-state index in [1.807, 2.05) is 18.2 Å². The maximum absolute atomic E-state index is 12.3. The normalized spacial score (nSPS) is 12.7. The highest BCUT2D eigenvalue weighted by Crippen LogP contribution is 2.31. The molecule has 1 aromatic heterocycles. The summed E-state index contributed by atoms with van der Waals surface area (Å²) in [4.78, 5) is 12.3. The van der Waals surface area contributed by atoms with Crippen LogP contribution >= 0.6 is 23.2 Å². The van der Waals surface area contributed by atoms with E-state index in [-0.39, 0.29) is 16.6 Å². The molecule has 3 aromatic rings. The Morgan fingerprint density at radius 3 is 2.70 bits per heavy atom. The minimum absolute atomic E-state index is 0.0245. The quantitative estimate of drug-likeness (QED) is 0.705. The average Bonchev–Trinajstić information content (AvgIpc) is 3.10. The molecule has 0 fully saturated rings. The van der Waals surface area contributed by atoms with E-state index in [2.05, 4.69) is 15.5 Å². The number of fused-ring (bicyclic) bond motifs is 1. The van der Waals surface area contributed by atoms with E-state index >= 15 is 0 Å². The van der Waals surface area contributed by atoms with E-state index in [4.69, 9.17) is 37.1 Å². The average molecular weight is 406 g/mol. The molecule has 0 saturated carbocycles. The number of benzene rings is 2. The molecule has 0 aliphatic carbocycles. The van der Waals surface area contributed by atoms with Gasteiger partial charge in [0.15, 0.2) is 11.5 Å². The first kappa shape index (κ1) is 17.6. The number of carbonyl (C=O) groups is 1. The van der Waals surface area contributed by atoms with Crippen LogP contribution in [0.3, 0.4) is 0 Å². The van der Waals surface area contributed by atoms with Gasteiger partial charge in [0.1, 0.15) is 13.2 Å². The number of nitrogens with one attached hydrogen (secondary N) is 1. The molecule has 27 heavy (non-hydrogen) atoms. The van der Waals surface area contributed by atoms with Crippen molar-refractivity contribution in [2.75, 3.05) is 18.5 Å². The van der Waals surface area contributed by atoms with Crippen molar-refractivity contribution in [3.8, 4) is 11.5 Å². The van der Waals surface area contributed by atoms with Gasteiger partial charge in [0.05, 0.1) is 17.0 Å². The maximum Gasteiger partial charge on any atom is 0.322 e. The van der Waals surface area contributed by atoms with Gasteiger partial charge in [0.25, 0.3) is 5.91 Å². The number of amides is 1. The molecule has 0 spiro atoms. The predicted octanol–water partition coefficient (Wildman–Crippen LogP) is 3.99. The first-order valence-electron chi connectivity index (χ1n) is 8.06. The smallest absolute Gasteiger partial charge is 0.322 e. The number of nitrogens with zero attached hydrogens (tertiary/aromatic N) is 2. The van der Waals surface area contributed by atoms with Crippen molar-refractivity contribution in [1.29, 1.82) is 0 Å². The Labute approximate surface area is 164 Å². The van der Waals surface area contributed by atoms with Crippen LogP contribution in [0.25, 0.3) is 0 Å². The molecular formula is C18H13Cl2N3O4. The minimum atomic E-state index is -0.489. The van der Waals surface area contributed by atoms with Gasteiger partial charge in [-0.15, -0.1) is 5.10 Å². The van der Waals surface area contributed by atoms with Crippen LogP contribution in [0.5, 0.6) is 11.5 Å². The monoisotopic (exact) mass is 405 g/mol. The summed E-state index contributed by atoms with van der Waals surface area (Å²) in [6.07, 6.45) is 0.386. The summed E-state index contributed by atoms with van der Waals surface area (Å²) in [5, 5.41) is 11.0. The lowest BCUT2D eigenvalue weighted by molar-refractivity contribution is 0.102. The molecule has 9 heteroatoms. The van der Waals surface area contributed by atoms with E-state index in [1.54, 1.807) is 12.1 Å². The largest absolute Gasteiger partial charge is 0.486 e. The summed E-state index contributed by atoms with van der Waals surface area (Å²) >= 11 is 11.9. The Morgan fingerprint density at radius 1 is 1.04 bits per heavy atom. The molecule has 1 aliphatic rings. The van der Waals surface area contributed by atoms with Crippen LogP contribution in [0.2, 0.25) is 10.0 Å². The SMILES string of the molecule is O=C(Nc1nnc(Cc2ccc3c(c2)OCCO3)o1)c1cc(Cl)ccc1Cl. The molecule has 0 bridgehead atoms. The molecule has 2 heterocycles. The Hall–Kier alpha value is -2.77. The topological polar surface area (TPSA) is 86.5 Å². The highest BCUT2D eigenvalue weighted by atomic mass is 35.5. The summed E-state index contributed by atoms with van der Waals surface area (Å²) in [6.45, 7) is 1.05. The molecule has 1 amide bonds. The van der Waals surface area contributed by atoms with Gasteiger partial charge in [-0.05, 0) is 35.9 Å². The zero-order valence-corrected chi connectivity index (χ0v) is 15.4. The van der Waals surface area contributed by atoms with Gasteiger partial charge in [-0.3, -0.25) is 10.1 Å². The fourth-order valence-electron chi connectivity index (χ4n) is 2.58. The van der Waals surface area contributed by atoms with Crippen LogP contribution in [-0.2, 0) is 6.42 Å². The van der Waals surface area contributed by atoms with E-state index in [0.29, 0.717) is 42.0 Å². The second kappa shape index (κ2) is 7.46. The van der Waals surface area contributed by atoms with Crippen molar-refractivity contribution in [2.45, 2.75) is 6.42 Å². The molecule has 1 aliphatic heterocycles. The number of aromatic nitrogens is 2. The highest BCUT2D eigenvalue weighted by molar-refractivity contribution is 6.36. The highest BCUT2D eigenvalue weighted by Gasteiger charge is 2.16. The second-order valence-electron chi connectivity index (χ2n) is 5.73. The first-order valence-corrected chi connectivity index (χ1v) is 8.81. The van der Waals surface area contributed by atoms with Crippen LogP contribution in [0.1, 0.15) is 21.8 Å². The van der Waals surface area contributed by atoms with E-state index < -0.39 is 5.91 Å². The molecule has 0 unspecified atom stereocenters. The lowest BCUT2D eigenvalue weighted by atomic mass is 10.1. The molecule has 0 atom stereocenters. The molecule has 7 nitrogen and oxygen atoms in total. The summed E-state index contributed by atoms with van der Waals surface area (Å²) in [5.41, 5.74) is 1.13. The van der Waals surface area contributed by atoms with Crippen LogP contribution in [0.4, 0.5) is 6.01 Å². The number of carbonyl (C=O) groups excluding carboxylic acids is 1. The van der Waals surface area contributed by atoms with E-state index in [0.717, 1.165) is 5.56 Å². The van der Waals surface area contributed by atoms with Crippen molar-refractivity contribution in [3.05, 3.63) is 63.5 Å². The summed E-state index contributed by atoms with van der Waals surface area (Å²) in [6, 6.07) is 10.2. The molecular weight excluding hydrogens is 393 g/mol. The second-order valence-corrected chi connectivity index (χ2v) is 6.58. The van der Waals surface area contributed by atoms with Crippen LogP contribution in [0, 0.1) is 0 Å². The summed E-state index contributed by atoms with van der Waals surface area (Å²) in [7, 11) is 0. The van der Waals surface area contributed by atoms with Crippen LogP contribution in [-0.4, -0.2) is 29.3 Å². The minimum Gasteiger partial charge on any atom is -0.486 e. The number of hydrogen-bond acceptors (Lipinski definition) is 6. The molecule has 4 rings (SSSR count). The third kappa shape index (κ3) is 3.99. The van der Waals surface area contributed by atoms with Gasteiger partial charge in [0.2, 0.25) is 5.89 Å². The van der Waals surface area contributed by atoms with Gasteiger partial charge in [-0.25, -0.2) is 0 Å². The zero-order chi connectivity index (χ0) is 18.8. The molecule has 0 radical (unpaired) electrons. The van der Waals surface area contributed by atoms with Crippen molar-refractivity contribution >= 4 is 35.1 Å². The Morgan fingerprint density at radius 2 is 1.85 bits per heavy atom. The third-order valence-corrected chi connectivity index (χ3v) is 4.39. The van der Waals surface area contributed by atoms with Gasteiger partial charge >= 0.3 is 6.01 Å². The Balaban J connectivity index is 1.46. The van der Waals surface area contributed by atoms with Crippen LogP contribution in [0.15, 0.2) is 40.8 Å². The molecule has 1 N–H and O–H groups in total. The molecule has 0 saturated heterocycles. The summed E-state index contributed by atoms with van der Waals surface area (Å²) in [5.74, 6) is 1.25. The number of ether oxygens (including phenoxy) is 2. The Bertz CT molecular complexity index is 1010. The maximum atomic E-state index is 12.3. The fraction of sp³-hybridized carbons (Fsp3) is 0.167. The van der Waals surface area contributed by atoms with Gasteiger partial charge in [0, 0.05) is 5.02 Å². The third-order valence-electron chi connectivity index (χ3n) is 3.82. The van der Waals surface area contributed by atoms with Crippen LogP contribution < -0.4 is 14.8 Å². The lowest BCUT2D eigenvalue weighted by Gasteiger charge is -2.18. The standard InChI is InChI=1S/C18H13Cl2N3O4/c19-11-2-3-13(20)12(9-11)17(24)21-18-23-22-16(27-18)8-10-1-4-14-15(7-10)26-6-5-25-14/h1-4,7,9H,5-6,8H2,(H,21,23,24). The molecule has 138 valence electrons. The Kier molecular flexibility index (Phi) is 4.87. The zero-order valence-electron chi connectivity index (χ0n) is 13.9. The fourth-order valence-corrected chi connectivity index (χ4v) is 2.96. The van der Waals surface area contributed by atoms with Crippen molar-refractivity contribution in [3.63, 3.8) is 0 Å². The van der Waals surface area contributed by atoms with E-state index in [1.165, 1.54) is 6.07 Å². The summed E-state index contributed by atoms with van der Waals surface area (Å²) < 4.78 is 16.5. The van der Waals surface area contributed by atoms with Gasteiger partial charge in [-0.2, -0.15) is 0 Å². The van der Waals surface area contributed by atoms with Crippen molar-refractivity contribution in [1.82, 2.24) is 10.2 Å². The van der Waals surface area contributed by atoms with E-state index in [9.17, 15) is 4.79 Å². The van der Waals surface area contributed by atoms with Crippen molar-refractivity contribution in [2.24, 2.45) is 0 Å². The predicted molar refractivity (Wildman–Crippen MR) is 99.0 cm³/mol. The van der Waals surface area contributed by atoms with Gasteiger partial charge < -0.3 is 13.9 Å². The van der Waals surface area contributed by atoms with Crippen molar-refractivity contribution < 1.29 is 18.7 Å². The number of anilines is 1. The number of hydrogen-bond donors (Lipinski definition) is 1. The lowest BCUT2D eigenvalue weighted by Crippen LogP contribution is -2.15. The molecule has 2 aromatic carbocycles.